The van der Waals surface area contributed by atoms with Crippen molar-refractivity contribution in [3.63, 3.8) is 0 Å². The predicted molar refractivity (Wildman–Crippen MR) is 70.0 cm³/mol. The summed E-state index contributed by atoms with van der Waals surface area (Å²) in [5, 5.41) is 3.43. The zero-order chi connectivity index (χ0) is 12.3. The second-order valence-electron chi connectivity index (χ2n) is 5.75. The van der Waals surface area contributed by atoms with Crippen molar-refractivity contribution in [2.24, 2.45) is 5.41 Å². The fraction of sp³-hybridized carbons (Fsp3) is 0.714. The van der Waals surface area contributed by atoms with Crippen LogP contribution < -0.4 is 5.32 Å². The van der Waals surface area contributed by atoms with Gasteiger partial charge in [-0.2, -0.15) is 0 Å². The molecule has 0 radical (unpaired) electrons. The molecule has 1 saturated heterocycles. The number of nitrogens with one attached hydrogen (secondary N) is 1. The molecule has 0 bridgehead atoms. The molecular weight excluding hydrogens is 212 g/mol. The first kappa shape index (κ1) is 12.7. The summed E-state index contributed by atoms with van der Waals surface area (Å²) in [6.45, 7) is 8.77. The van der Waals surface area contributed by atoms with Crippen molar-refractivity contribution in [3.8, 4) is 0 Å². The first-order valence-electron chi connectivity index (χ1n) is 6.52. The Hall–Kier alpha value is -0.800. The van der Waals surface area contributed by atoms with Crippen LogP contribution in [0.25, 0.3) is 0 Å². The summed E-state index contributed by atoms with van der Waals surface area (Å²) in [4.78, 5) is 2.38. The van der Waals surface area contributed by atoms with E-state index in [1.807, 2.05) is 13.0 Å². The molecule has 0 atom stereocenters. The van der Waals surface area contributed by atoms with Crippen LogP contribution in [0.15, 0.2) is 16.5 Å². The van der Waals surface area contributed by atoms with Gasteiger partial charge in [-0.15, -0.1) is 0 Å². The van der Waals surface area contributed by atoms with Gasteiger partial charge in [-0.05, 0) is 57.5 Å². The van der Waals surface area contributed by atoms with Gasteiger partial charge in [0.2, 0.25) is 0 Å². The van der Waals surface area contributed by atoms with Crippen LogP contribution in [-0.4, -0.2) is 31.6 Å². The summed E-state index contributed by atoms with van der Waals surface area (Å²) in [5.41, 5.74) is 0.460. The Morgan fingerprint density at radius 1 is 1.35 bits per heavy atom. The van der Waals surface area contributed by atoms with E-state index in [2.05, 4.69) is 30.3 Å². The minimum Gasteiger partial charge on any atom is -0.465 e. The SMILES string of the molecule is Cc1ccc(CN(C)CC2(C)CCNCC2)o1. The van der Waals surface area contributed by atoms with Gasteiger partial charge in [0.25, 0.3) is 0 Å². The molecule has 17 heavy (non-hydrogen) atoms. The lowest BCUT2D eigenvalue weighted by atomic mass is 9.80. The average molecular weight is 236 g/mol. The quantitative estimate of drug-likeness (QED) is 0.870. The van der Waals surface area contributed by atoms with E-state index >= 15 is 0 Å². The van der Waals surface area contributed by atoms with Crippen molar-refractivity contribution in [2.45, 2.75) is 33.2 Å². The van der Waals surface area contributed by atoms with Gasteiger partial charge in [-0.1, -0.05) is 6.92 Å². The Balaban J connectivity index is 1.85. The molecule has 2 rings (SSSR count). The summed E-state index contributed by atoms with van der Waals surface area (Å²) >= 11 is 0. The fourth-order valence-electron chi connectivity index (χ4n) is 2.73. The van der Waals surface area contributed by atoms with E-state index in [4.69, 9.17) is 4.42 Å². The van der Waals surface area contributed by atoms with Crippen LogP contribution in [0.4, 0.5) is 0 Å². The van der Waals surface area contributed by atoms with Crippen molar-refractivity contribution in [1.82, 2.24) is 10.2 Å². The standard InChI is InChI=1S/C14H24N2O/c1-12-4-5-13(17-12)10-16(3)11-14(2)6-8-15-9-7-14/h4-5,15H,6-11H2,1-3H3. The largest absolute Gasteiger partial charge is 0.465 e. The highest BCUT2D eigenvalue weighted by molar-refractivity contribution is 5.05. The Morgan fingerprint density at radius 2 is 2.06 bits per heavy atom. The molecule has 0 aromatic carbocycles. The summed E-state index contributed by atoms with van der Waals surface area (Å²) < 4.78 is 5.62. The number of piperidine rings is 1. The first-order valence-corrected chi connectivity index (χ1v) is 6.52. The summed E-state index contributed by atoms with van der Waals surface area (Å²) in [6.07, 6.45) is 2.54. The topological polar surface area (TPSA) is 28.4 Å². The second kappa shape index (κ2) is 5.23. The average Bonchev–Trinajstić information content (AvgIpc) is 2.63. The van der Waals surface area contributed by atoms with E-state index in [9.17, 15) is 0 Å². The molecule has 1 aliphatic rings. The van der Waals surface area contributed by atoms with Crippen molar-refractivity contribution in [3.05, 3.63) is 23.7 Å². The van der Waals surface area contributed by atoms with Crippen molar-refractivity contribution < 1.29 is 4.42 Å². The molecule has 0 unspecified atom stereocenters. The van der Waals surface area contributed by atoms with Crippen molar-refractivity contribution >= 4 is 0 Å². The zero-order valence-corrected chi connectivity index (χ0v) is 11.3. The zero-order valence-electron chi connectivity index (χ0n) is 11.3. The van der Waals surface area contributed by atoms with E-state index in [0.29, 0.717) is 5.41 Å². The smallest absolute Gasteiger partial charge is 0.118 e. The third-order valence-electron chi connectivity index (χ3n) is 3.68. The lowest BCUT2D eigenvalue weighted by Gasteiger charge is -2.37. The number of nitrogens with zero attached hydrogens (tertiary/aromatic N) is 1. The lowest BCUT2D eigenvalue weighted by molar-refractivity contribution is 0.138. The minimum atomic E-state index is 0.460. The van der Waals surface area contributed by atoms with Crippen LogP contribution in [-0.2, 0) is 6.54 Å². The maximum Gasteiger partial charge on any atom is 0.118 e. The fourth-order valence-corrected chi connectivity index (χ4v) is 2.73. The van der Waals surface area contributed by atoms with Gasteiger partial charge in [0.05, 0.1) is 6.54 Å². The Morgan fingerprint density at radius 3 is 2.65 bits per heavy atom. The number of rotatable bonds is 4. The number of hydrogen-bond acceptors (Lipinski definition) is 3. The maximum absolute atomic E-state index is 5.62. The minimum absolute atomic E-state index is 0.460. The predicted octanol–water partition coefficient (Wildman–Crippen LogP) is 2.41. The van der Waals surface area contributed by atoms with Crippen LogP contribution in [0.5, 0.6) is 0 Å². The van der Waals surface area contributed by atoms with Crippen LogP contribution in [0.1, 0.15) is 31.3 Å². The monoisotopic (exact) mass is 236 g/mol. The third-order valence-corrected chi connectivity index (χ3v) is 3.68. The van der Waals surface area contributed by atoms with E-state index < -0.39 is 0 Å². The molecule has 0 amide bonds. The van der Waals surface area contributed by atoms with Crippen LogP contribution in [0.2, 0.25) is 0 Å². The Bertz CT molecular complexity index is 353. The molecule has 1 fully saturated rings. The van der Waals surface area contributed by atoms with Crippen molar-refractivity contribution in [2.75, 3.05) is 26.7 Å². The molecule has 3 heteroatoms. The molecule has 0 spiro atoms. The van der Waals surface area contributed by atoms with Crippen LogP contribution >= 0.6 is 0 Å². The van der Waals surface area contributed by atoms with Crippen LogP contribution in [0.3, 0.4) is 0 Å². The molecule has 0 aliphatic carbocycles. The molecule has 0 saturated carbocycles. The van der Waals surface area contributed by atoms with E-state index in [-0.39, 0.29) is 0 Å². The highest BCUT2D eigenvalue weighted by atomic mass is 16.3. The highest BCUT2D eigenvalue weighted by Crippen LogP contribution is 2.29. The van der Waals surface area contributed by atoms with E-state index in [1.165, 1.54) is 12.8 Å². The molecule has 1 aliphatic heterocycles. The second-order valence-corrected chi connectivity index (χ2v) is 5.75. The molecule has 2 heterocycles. The summed E-state index contributed by atoms with van der Waals surface area (Å²) in [6, 6.07) is 4.12. The van der Waals surface area contributed by atoms with Crippen molar-refractivity contribution in [1.29, 1.82) is 0 Å². The molecule has 3 nitrogen and oxygen atoms in total. The van der Waals surface area contributed by atoms with Gasteiger partial charge in [-0.3, -0.25) is 4.90 Å². The highest BCUT2D eigenvalue weighted by Gasteiger charge is 2.28. The first-order chi connectivity index (χ1) is 8.07. The molecule has 1 aromatic heterocycles. The summed E-state index contributed by atoms with van der Waals surface area (Å²) in [7, 11) is 2.19. The summed E-state index contributed by atoms with van der Waals surface area (Å²) in [5.74, 6) is 2.07. The molecular formula is C14H24N2O. The maximum atomic E-state index is 5.62. The molecule has 1 N–H and O–H groups in total. The molecule has 96 valence electrons. The Kier molecular flexibility index (Phi) is 3.89. The number of furan rings is 1. The Labute approximate surface area is 104 Å². The van der Waals surface area contributed by atoms with Gasteiger partial charge in [0, 0.05) is 6.54 Å². The lowest BCUT2D eigenvalue weighted by Crippen LogP contribution is -2.41. The van der Waals surface area contributed by atoms with Gasteiger partial charge < -0.3 is 9.73 Å². The van der Waals surface area contributed by atoms with E-state index in [1.54, 1.807) is 0 Å². The normalized spacial score (nSPS) is 19.8. The molecule has 1 aromatic rings. The van der Waals surface area contributed by atoms with Crippen LogP contribution in [0, 0.1) is 12.3 Å². The van der Waals surface area contributed by atoms with Gasteiger partial charge in [-0.25, -0.2) is 0 Å². The van der Waals surface area contributed by atoms with Gasteiger partial charge in [0.15, 0.2) is 0 Å². The number of hydrogen-bond donors (Lipinski definition) is 1. The van der Waals surface area contributed by atoms with Gasteiger partial charge in [0.1, 0.15) is 11.5 Å². The third kappa shape index (κ3) is 3.58. The van der Waals surface area contributed by atoms with Gasteiger partial charge >= 0.3 is 0 Å². The van der Waals surface area contributed by atoms with E-state index in [0.717, 1.165) is 37.7 Å². The number of aryl methyl sites for hydroxylation is 1.